The number of carbonyl (C=O) groups is 1. The van der Waals surface area contributed by atoms with E-state index in [2.05, 4.69) is 51.6 Å². The topological polar surface area (TPSA) is 58.1 Å². The molecule has 0 saturated carbocycles. The second kappa shape index (κ2) is 10.2. The summed E-state index contributed by atoms with van der Waals surface area (Å²) in [6.45, 7) is 3.76. The predicted octanol–water partition coefficient (Wildman–Crippen LogP) is 4.50. The van der Waals surface area contributed by atoms with Crippen LogP contribution in [0.25, 0.3) is 11.3 Å². The van der Waals surface area contributed by atoms with Crippen molar-refractivity contribution in [3.8, 4) is 11.3 Å². The number of aromatic nitrogens is 2. The molecule has 4 rings (SSSR count). The maximum atomic E-state index is 12.7. The normalized spacial score (nSPS) is 15.5. The Morgan fingerprint density at radius 1 is 0.968 bits per heavy atom. The van der Waals surface area contributed by atoms with Crippen molar-refractivity contribution in [1.82, 2.24) is 15.5 Å². The first-order valence-corrected chi connectivity index (χ1v) is 11.2. The molecule has 31 heavy (non-hydrogen) atoms. The van der Waals surface area contributed by atoms with Crippen LogP contribution in [0.4, 0.5) is 5.82 Å². The molecule has 0 aliphatic carbocycles. The zero-order chi connectivity index (χ0) is 21.5. The fourth-order valence-electron chi connectivity index (χ4n) is 4.09. The van der Waals surface area contributed by atoms with E-state index in [0.717, 1.165) is 55.8 Å². The highest BCUT2D eigenvalue weighted by atomic mass is 16.1. The summed E-state index contributed by atoms with van der Waals surface area (Å²) in [5, 5.41) is 12.0. The summed E-state index contributed by atoms with van der Waals surface area (Å²) in [4.78, 5) is 14.9. The summed E-state index contributed by atoms with van der Waals surface area (Å²) in [5.74, 6) is 1.15. The Hall–Kier alpha value is -3.21. The van der Waals surface area contributed by atoms with Gasteiger partial charge >= 0.3 is 0 Å². The van der Waals surface area contributed by atoms with E-state index in [-0.39, 0.29) is 17.9 Å². The van der Waals surface area contributed by atoms with Gasteiger partial charge in [-0.15, -0.1) is 10.2 Å². The van der Waals surface area contributed by atoms with Crippen LogP contribution in [-0.4, -0.2) is 35.2 Å². The molecule has 1 amide bonds. The number of hydrogen-bond acceptors (Lipinski definition) is 4. The molecule has 5 heteroatoms. The molecule has 1 aromatic heterocycles. The zero-order valence-corrected chi connectivity index (χ0v) is 18.1. The van der Waals surface area contributed by atoms with Crippen molar-refractivity contribution in [2.75, 3.05) is 18.0 Å². The molecule has 160 valence electrons. The van der Waals surface area contributed by atoms with Crippen LogP contribution in [0.2, 0.25) is 0 Å². The maximum absolute atomic E-state index is 12.7. The van der Waals surface area contributed by atoms with Crippen LogP contribution >= 0.6 is 0 Å². The first-order valence-electron chi connectivity index (χ1n) is 11.2. The van der Waals surface area contributed by atoms with Gasteiger partial charge in [0.15, 0.2) is 5.82 Å². The Kier molecular flexibility index (Phi) is 6.92. The van der Waals surface area contributed by atoms with E-state index < -0.39 is 0 Å². The Labute approximate surface area is 184 Å². The molecule has 2 aromatic carbocycles. The Balaban J connectivity index is 1.24. The fourth-order valence-corrected chi connectivity index (χ4v) is 4.09. The molecule has 1 fully saturated rings. The third kappa shape index (κ3) is 5.69. The Morgan fingerprint density at radius 3 is 2.29 bits per heavy atom. The van der Waals surface area contributed by atoms with Gasteiger partial charge in [0.05, 0.1) is 5.69 Å². The van der Waals surface area contributed by atoms with E-state index in [1.165, 1.54) is 5.56 Å². The predicted molar refractivity (Wildman–Crippen MR) is 125 cm³/mol. The molecule has 0 bridgehead atoms. The van der Waals surface area contributed by atoms with Crippen LogP contribution in [0.5, 0.6) is 0 Å². The number of rotatable bonds is 7. The van der Waals surface area contributed by atoms with Gasteiger partial charge in [0, 0.05) is 30.6 Å². The van der Waals surface area contributed by atoms with Gasteiger partial charge in [0.25, 0.3) is 0 Å². The van der Waals surface area contributed by atoms with E-state index in [0.29, 0.717) is 0 Å². The molecule has 0 radical (unpaired) electrons. The molecule has 0 unspecified atom stereocenters. The number of piperidine rings is 1. The first-order chi connectivity index (χ1) is 15.2. The van der Waals surface area contributed by atoms with E-state index in [9.17, 15) is 4.79 Å². The summed E-state index contributed by atoms with van der Waals surface area (Å²) in [7, 11) is 0. The lowest BCUT2D eigenvalue weighted by atomic mass is 9.95. The number of benzene rings is 2. The molecule has 1 atom stereocenters. The van der Waals surface area contributed by atoms with E-state index in [1.54, 1.807) is 0 Å². The van der Waals surface area contributed by atoms with Crippen molar-refractivity contribution in [3.05, 3.63) is 78.4 Å². The van der Waals surface area contributed by atoms with Gasteiger partial charge < -0.3 is 10.2 Å². The highest BCUT2D eigenvalue weighted by Gasteiger charge is 2.26. The number of carbonyl (C=O) groups excluding carboxylic acids is 1. The van der Waals surface area contributed by atoms with Crippen molar-refractivity contribution in [1.29, 1.82) is 0 Å². The average molecular weight is 415 g/mol. The monoisotopic (exact) mass is 414 g/mol. The maximum Gasteiger partial charge on any atom is 0.223 e. The van der Waals surface area contributed by atoms with Crippen LogP contribution in [0, 0.1) is 5.92 Å². The summed E-state index contributed by atoms with van der Waals surface area (Å²) in [6, 6.07) is 24.7. The third-order valence-corrected chi connectivity index (χ3v) is 6.01. The minimum atomic E-state index is 0.0759. The molecule has 5 nitrogen and oxygen atoms in total. The van der Waals surface area contributed by atoms with Crippen LogP contribution in [0.15, 0.2) is 72.8 Å². The van der Waals surface area contributed by atoms with Gasteiger partial charge in [-0.05, 0) is 50.3 Å². The molecule has 1 saturated heterocycles. The van der Waals surface area contributed by atoms with Crippen molar-refractivity contribution in [3.63, 3.8) is 0 Å². The van der Waals surface area contributed by atoms with Crippen LogP contribution in [0.1, 0.15) is 31.7 Å². The molecular formula is C26H30N4O. The Morgan fingerprint density at radius 2 is 1.65 bits per heavy atom. The minimum Gasteiger partial charge on any atom is -0.355 e. The van der Waals surface area contributed by atoms with Gasteiger partial charge in [-0.1, -0.05) is 60.7 Å². The largest absolute Gasteiger partial charge is 0.355 e. The van der Waals surface area contributed by atoms with E-state index >= 15 is 0 Å². The van der Waals surface area contributed by atoms with Crippen molar-refractivity contribution < 1.29 is 4.79 Å². The summed E-state index contributed by atoms with van der Waals surface area (Å²) in [6.07, 6.45) is 3.63. The first kappa shape index (κ1) is 21.0. The zero-order valence-electron chi connectivity index (χ0n) is 18.1. The standard InChI is InChI=1S/C26H30N4O/c1-20(12-13-21-8-4-2-5-9-21)27-26(31)23-16-18-30(19-17-23)25-15-14-24(28-29-25)22-10-6-3-7-11-22/h2-11,14-15,20,23H,12-13,16-19H2,1H3,(H,27,31)/t20-/m1/s1. The minimum absolute atomic E-state index is 0.0759. The Bertz CT molecular complexity index is 952. The second-order valence-corrected chi connectivity index (χ2v) is 8.34. The number of nitrogens with one attached hydrogen (secondary N) is 1. The number of hydrogen-bond donors (Lipinski definition) is 1. The quantitative estimate of drug-likeness (QED) is 0.619. The average Bonchev–Trinajstić information content (AvgIpc) is 2.84. The molecule has 1 aliphatic rings. The SMILES string of the molecule is C[C@H](CCc1ccccc1)NC(=O)C1CCN(c2ccc(-c3ccccc3)nn2)CC1. The number of nitrogens with zero attached hydrogens (tertiary/aromatic N) is 3. The highest BCUT2D eigenvalue weighted by Crippen LogP contribution is 2.23. The molecule has 0 spiro atoms. The second-order valence-electron chi connectivity index (χ2n) is 8.34. The molecule has 1 aliphatic heterocycles. The van der Waals surface area contributed by atoms with Crippen molar-refractivity contribution in [2.45, 2.75) is 38.6 Å². The molecule has 2 heterocycles. The molecule has 1 N–H and O–H groups in total. The third-order valence-electron chi connectivity index (χ3n) is 6.01. The van der Waals surface area contributed by atoms with Gasteiger partial charge in [0.1, 0.15) is 0 Å². The van der Waals surface area contributed by atoms with Gasteiger partial charge in [-0.25, -0.2) is 0 Å². The smallest absolute Gasteiger partial charge is 0.223 e. The van der Waals surface area contributed by atoms with E-state index in [4.69, 9.17) is 0 Å². The van der Waals surface area contributed by atoms with Crippen LogP contribution in [0.3, 0.4) is 0 Å². The lowest BCUT2D eigenvalue weighted by Crippen LogP contribution is -2.43. The highest BCUT2D eigenvalue weighted by molar-refractivity contribution is 5.79. The number of anilines is 1. The number of amides is 1. The van der Waals surface area contributed by atoms with Gasteiger partial charge in [0.2, 0.25) is 5.91 Å². The summed E-state index contributed by atoms with van der Waals surface area (Å²) >= 11 is 0. The van der Waals surface area contributed by atoms with E-state index in [1.807, 2.05) is 48.5 Å². The summed E-state index contributed by atoms with van der Waals surface area (Å²) < 4.78 is 0. The van der Waals surface area contributed by atoms with Crippen molar-refractivity contribution in [2.24, 2.45) is 5.92 Å². The molecule has 3 aromatic rings. The fraction of sp³-hybridized carbons (Fsp3) is 0.346. The van der Waals surface area contributed by atoms with Crippen molar-refractivity contribution >= 4 is 11.7 Å². The summed E-state index contributed by atoms with van der Waals surface area (Å²) in [5.41, 5.74) is 3.26. The number of aryl methyl sites for hydroxylation is 1. The molecular weight excluding hydrogens is 384 g/mol. The van der Waals surface area contributed by atoms with Crippen LogP contribution in [-0.2, 0) is 11.2 Å². The van der Waals surface area contributed by atoms with Crippen LogP contribution < -0.4 is 10.2 Å². The lowest BCUT2D eigenvalue weighted by Gasteiger charge is -2.32. The van der Waals surface area contributed by atoms with Gasteiger partial charge in [-0.3, -0.25) is 4.79 Å². The lowest BCUT2D eigenvalue weighted by molar-refractivity contribution is -0.126. The van der Waals surface area contributed by atoms with Gasteiger partial charge in [-0.2, -0.15) is 0 Å².